The number of nitrogens with two attached hydrogens (primary N) is 1. The van der Waals surface area contributed by atoms with Crippen LogP contribution in [0.1, 0.15) is 18.9 Å². The average Bonchev–Trinajstić information content (AvgIpc) is 2.72. The summed E-state index contributed by atoms with van der Waals surface area (Å²) in [4.78, 5) is 4.71. The molecule has 3 heteroatoms. The molecule has 100 valence electrons. The van der Waals surface area contributed by atoms with Gasteiger partial charge in [0, 0.05) is 32.9 Å². The van der Waals surface area contributed by atoms with Crippen LogP contribution in [0, 0.1) is 5.41 Å². The Bertz CT molecular complexity index is 402. The second-order valence-electron chi connectivity index (χ2n) is 6.00. The van der Waals surface area contributed by atoms with Crippen molar-refractivity contribution in [1.29, 1.82) is 0 Å². The molecule has 2 N–H and O–H groups in total. The van der Waals surface area contributed by atoms with Crippen molar-refractivity contribution in [1.82, 2.24) is 4.90 Å². The molecule has 0 saturated carbocycles. The Morgan fingerprint density at radius 3 is 2.67 bits per heavy atom. The van der Waals surface area contributed by atoms with Gasteiger partial charge in [0.15, 0.2) is 0 Å². The molecule has 0 spiro atoms. The van der Waals surface area contributed by atoms with Crippen molar-refractivity contribution in [3.8, 4) is 0 Å². The molecule has 0 aliphatic carbocycles. The normalized spacial score (nSPS) is 24.4. The first-order valence-corrected chi connectivity index (χ1v) is 6.72. The van der Waals surface area contributed by atoms with Crippen molar-refractivity contribution in [2.24, 2.45) is 11.1 Å². The van der Waals surface area contributed by atoms with Gasteiger partial charge in [0.2, 0.25) is 0 Å². The van der Waals surface area contributed by atoms with Crippen LogP contribution in [-0.2, 0) is 6.54 Å². The third-order valence-electron chi connectivity index (χ3n) is 4.00. The molecule has 1 aliphatic heterocycles. The van der Waals surface area contributed by atoms with Gasteiger partial charge < -0.3 is 10.6 Å². The fourth-order valence-corrected chi connectivity index (χ4v) is 2.75. The lowest BCUT2D eigenvalue weighted by Crippen LogP contribution is -2.31. The summed E-state index contributed by atoms with van der Waals surface area (Å²) in [5, 5.41) is 0. The molecule has 1 aliphatic rings. The van der Waals surface area contributed by atoms with E-state index in [0.29, 0.717) is 5.41 Å². The zero-order valence-corrected chi connectivity index (χ0v) is 11.8. The Kier molecular flexibility index (Phi) is 3.93. The molecular formula is C15H25N3. The minimum Gasteiger partial charge on any atom is -0.377 e. The van der Waals surface area contributed by atoms with Gasteiger partial charge >= 0.3 is 0 Å². The molecule has 1 heterocycles. The lowest BCUT2D eigenvalue weighted by molar-refractivity contribution is 0.274. The number of hydrogen-bond donors (Lipinski definition) is 1. The lowest BCUT2D eigenvalue weighted by Gasteiger charge is -2.24. The van der Waals surface area contributed by atoms with Crippen LogP contribution in [0.25, 0.3) is 0 Å². The van der Waals surface area contributed by atoms with Crippen LogP contribution in [0.5, 0.6) is 0 Å². The molecular weight excluding hydrogens is 222 g/mol. The van der Waals surface area contributed by atoms with Gasteiger partial charge in [-0.3, -0.25) is 4.90 Å². The summed E-state index contributed by atoms with van der Waals surface area (Å²) in [7, 11) is 4.21. The van der Waals surface area contributed by atoms with Gasteiger partial charge in [0.1, 0.15) is 0 Å². The lowest BCUT2D eigenvalue weighted by atomic mass is 9.90. The Balaban J connectivity index is 2.07. The fraction of sp³-hybridized carbons (Fsp3) is 0.600. The second-order valence-corrected chi connectivity index (χ2v) is 6.00. The summed E-state index contributed by atoms with van der Waals surface area (Å²) >= 11 is 0. The van der Waals surface area contributed by atoms with Gasteiger partial charge in [-0.1, -0.05) is 25.1 Å². The van der Waals surface area contributed by atoms with E-state index in [-0.39, 0.29) is 0 Å². The maximum atomic E-state index is 5.87. The monoisotopic (exact) mass is 247 g/mol. The van der Waals surface area contributed by atoms with Crippen LogP contribution >= 0.6 is 0 Å². The Labute approximate surface area is 111 Å². The first-order chi connectivity index (χ1) is 8.54. The van der Waals surface area contributed by atoms with Gasteiger partial charge in [0.05, 0.1) is 0 Å². The molecule has 1 fully saturated rings. The molecule has 1 unspecified atom stereocenters. The summed E-state index contributed by atoms with van der Waals surface area (Å²) in [6.45, 7) is 6.40. The maximum absolute atomic E-state index is 5.87. The SMILES string of the molecule is CN(C)c1ccccc1CN1CCC(C)(CN)C1. The van der Waals surface area contributed by atoms with E-state index in [1.165, 1.54) is 17.7 Å². The Morgan fingerprint density at radius 1 is 1.33 bits per heavy atom. The third kappa shape index (κ3) is 2.85. The highest BCUT2D eigenvalue weighted by Crippen LogP contribution is 2.30. The summed E-state index contributed by atoms with van der Waals surface area (Å²) in [5.74, 6) is 0. The van der Waals surface area contributed by atoms with Gasteiger partial charge in [0.25, 0.3) is 0 Å². The van der Waals surface area contributed by atoms with E-state index in [9.17, 15) is 0 Å². The van der Waals surface area contributed by atoms with Crippen molar-refractivity contribution in [3.63, 3.8) is 0 Å². The number of para-hydroxylation sites is 1. The van der Waals surface area contributed by atoms with Gasteiger partial charge in [-0.25, -0.2) is 0 Å². The molecule has 0 aromatic heterocycles. The van der Waals surface area contributed by atoms with Crippen molar-refractivity contribution < 1.29 is 0 Å². The number of hydrogen-bond acceptors (Lipinski definition) is 3. The number of rotatable bonds is 4. The van der Waals surface area contributed by atoms with Crippen molar-refractivity contribution in [3.05, 3.63) is 29.8 Å². The molecule has 18 heavy (non-hydrogen) atoms. The minimum absolute atomic E-state index is 0.313. The highest BCUT2D eigenvalue weighted by molar-refractivity contribution is 5.52. The zero-order chi connectivity index (χ0) is 13.2. The molecule has 2 rings (SSSR count). The van der Waals surface area contributed by atoms with E-state index in [2.05, 4.69) is 55.1 Å². The van der Waals surface area contributed by atoms with E-state index < -0.39 is 0 Å². The molecule has 0 amide bonds. The molecule has 0 bridgehead atoms. The maximum Gasteiger partial charge on any atom is 0.0406 e. The van der Waals surface area contributed by atoms with Crippen LogP contribution < -0.4 is 10.6 Å². The molecule has 1 aromatic rings. The van der Waals surface area contributed by atoms with Gasteiger partial charge in [-0.2, -0.15) is 0 Å². The standard InChI is InChI=1S/C15H25N3/c1-15(11-16)8-9-18(12-15)10-13-6-4-5-7-14(13)17(2)3/h4-7H,8-12,16H2,1-3H3. The topological polar surface area (TPSA) is 32.5 Å². The van der Waals surface area contributed by atoms with E-state index in [0.717, 1.165) is 26.2 Å². The fourth-order valence-electron chi connectivity index (χ4n) is 2.75. The minimum atomic E-state index is 0.313. The Morgan fingerprint density at radius 2 is 2.06 bits per heavy atom. The van der Waals surface area contributed by atoms with E-state index in [4.69, 9.17) is 5.73 Å². The van der Waals surface area contributed by atoms with Crippen LogP contribution in [0.4, 0.5) is 5.69 Å². The zero-order valence-electron chi connectivity index (χ0n) is 11.8. The predicted octanol–water partition coefficient (Wildman–Crippen LogP) is 1.92. The summed E-state index contributed by atoms with van der Waals surface area (Å²) in [6, 6.07) is 8.65. The largest absolute Gasteiger partial charge is 0.377 e. The predicted molar refractivity (Wildman–Crippen MR) is 77.8 cm³/mol. The van der Waals surface area contributed by atoms with Crippen molar-refractivity contribution in [2.45, 2.75) is 19.9 Å². The van der Waals surface area contributed by atoms with Crippen LogP contribution in [0.2, 0.25) is 0 Å². The Hall–Kier alpha value is -1.06. The van der Waals surface area contributed by atoms with Crippen LogP contribution in [-0.4, -0.2) is 38.6 Å². The highest BCUT2D eigenvalue weighted by atomic mass is 15.2. The average molecular weight is 247 g/mol. The highest BCUT2D eigenvalue weighted by Gasteiger charge is 2.32. The summed E-state index contributed by atoms with van der Waals surface area (Å²) in [6.07, 6.45) is 1.22. The number of nitrogens with zero attached hydrogens (tertiary/aromatic N) is 2. The third-order valence-corrected chi connectivity index (χ3v) is 4.00. The molecule has 3 nitrogen and oxygen atoms in total. The molecule has 1 saturated heterocycles. The number of likely N-dealkylation sites (tertiary alicyclic amines) is 1. The quantitative estimate of drug-likeness (QED) is 0.882. The molecule has 0 radical (unpaired) electrons. The van der Waals surface area contributed by atoms with Gasteiger partial charge in [-0.05, 0) is 36.6 Å². The number of benzene rings is 1. The van der Waals surface area contributed by atoms with E-state index in [1.807, 2.05) is 0 Å². The van der Waals surface area contributed by atoms with Gasteiger partial charge in [-0.15, -0.1) is 0 Å². The summed E-state index contributed by atoms with van der Waals surface area (Å²) in [5.41, 5.74) is 8.90. The first kappa shape index (κ1) is 13.4. The molecule has 1 atom stereocenters. The van der Waals surface area contributed by atoms with E-state index in [1.54, 1.807) is 0 Å². The number of anilines is 1. The van der Waals surface area contributed by atoms with E-state index >= 15 is 0 Å². The smallest absolute Gasteiger partial charge is 0.0406 e. The van der Waals surface area contributed by atoms with Crippen molar-refractivity contribution in [2.75, 3.05) is 38.6 Å². The second kappa shape index (κ2) is 5.29. The van der Waals surface area contributed by atoms with Crippen molar-refractivity contribution >= 4 is 5.69 Å². The van der Waals surface area contributed by atoms with Crippen LogP contribution in [0.15, 0.2) is 24.3 Å². The first-order valence-electron chi connectivity index (χ1n) is 6.72. The summed E-state index contributed by atoms with van der Waals surface area (Å²) < 4.78 is 0. The molecule has 1 aromatic carbocycles. The van der Waals surface area contributed by atoms with Crippen LogP contribution in [0.3, 0.4) is 0 Å².